The highest BCUT2D eigenvalue weighted by Gasteiger charge is 2.20. The Labute approximate surface area is 115 Å². The van der Waals surface area contributed by atoms with E-state index in [1.165, 1.54) is 0 Å². The van der Waals surface area contributed by atoms with Crippen LogP contribution in [0.5, 0.6) is 0 Å². The van der Waals surface area contributed by atoms with E-state index in [0.717, 1.165) is 31.4 Å². The van der Waals surface area contributed by atoms with Crippen molar-refractivity contribution in [1.82, 2.24) is 0 Å². The molecular formula is C16H22N2O. The summed E-state index contributed by atoms with van der Waals surface area (Å²) >= 11 is 0. The van der Waals surface area contributed by atoms with Gasteiger partial charge in [-0.1, -0.05) is 26.7 Å². The molecule has 0 fully saturated rings. The number of nitriles is 1. The molecule has 102 valence electrons. The van der Waals surface area contributed by atoms with Crippen molar-refractivity contribution >= 4 is 11.6 Å². The topological polar surface area (TPSA) is 44.1 Å². The molecule has 1 aromatic rings. The molecule has 0 saturated heterocycles. The van der Waals surface area contributed by atoms with Crippen LogP contribution in [0.15, 0.2) is 24.3 Å². The Hall–Kier alpha value is -1.82. The fraction of sp³-hybridized carbons (Fsp3) is 0.500. The van der Waals surface area contributed by atoms with Gasteiger partial charge in [-0.25, -0.2) is 0 Å². The molecule has 0 radical (unpaired) electrons. The largest absolute Gasteiger partial charge is 0.315 e. The van der Waals surface area contributed by atoms with Gasteiger partial charge in [0.15, 0.2) is 0 Å². The number of benzene rings is 1. The van der Waals surface area contributed by atoms with Crippen molar-refractivity contribution in [2.45, 2.75) is 39.5 Å². The molecule has 0 heterocycles. The van der Waals surface area contributed by atoms with Crippen LogP contribution >= 0.6 is 0 Å². The Bertz CT molecular complexity index is 445. The van der Waals surface area contributed by atoms with E-state index < -0.39 is 0 Å². The van der Waals surface area contributed by atoms with Crippen LogP contribution < -0.4 is 4.90 Å². The van der Waals surface area contributed by atoms with Crippen LogP contribution in [0.25, 0.3) is 0 Å². The number of rotatable bonds is 6. The van der Waals surface area contributed by atoms with Gasteiger partial charge in [-0.05, 0) is 37.1 Å². The molecule has 1 atom stereocenters. The lowest BCUT2D eigenvalue weighted by Crippen LogP contribution is -2.32. The standard InChI is InChI=1S/C16H22N2O/c1-4-6-7-14(5-2)16(19)18(3)15-10-8-13(12-17)9-11-15/h8-11,14H,4-7H2,1-3H3. The Morgan fingerprint density at radius 3 is 2.42 bits per heavy atom. The zero-order valence-electron chi connectivity index (χ0n) is 12.0. The second-order valence-electron chi connectivity index (χ2n) is 4.80. The lowest BCUT2D eigenvalue weighted by atomic mass is 9.97. The van der Waals surface area contributed by atoms with Crippen LogP contribution in [0.4, 0.5) is 5.69 Å². The molecule has 0 saturated carbocycles. The predicted molar refractivity (Wildman–Crippen MR) is 77.9 cm³/mol. The van der Waals surface area contributed by atoms with Crippen LogP contribution in [-0.2, 0) is 4.79 Å². The van der Waals surface area contributed by atoms with Gasteiger partial charge >= 0.3 is 0 Å². The van der Waals surface area contributed by atoms with E-state index in [-0.39, 0.29) is 11.8 Å². The second-order valence-corrected chi connectivity index (χ2v) is 4.80. The average molecular weight is 258 g/mol. The highest BCUT2D eigenvalue weighted by Crippen LogP contribution is 2.20. The predicted octanol–water partition coefficient (Wildman–Crippen LogP) is 3.74. The number of hydrogen-bond donors (Lipinski definition) is 0. The zero-order valence-corrected chi connectivity index (χ0v) is 12.0. The molecule has 0 N–H and O–H groups in total. The molecule has 1 rings (SSSR count). The number of amides is 1. The Morgan fingerprint density at radius 2 is 1.95 bits per heavy atom. The molecule has 0 aliphatic rings. The average Bonchev–Trinajstić information content (AvgIpc) is 2.47. The maximum atomic E-state index is 12.4. The summed E-state index contributed by atoms with van der Waals surface area (Å²) in [5.74, 6) is 0.265. The van der Waals surface area contributed by atoms with Crippen LogP contribution in [0, 0.1) is 17.2 Å². The first kappa shape index (κ1) is 15.2. The van der Waals surface area contributed by atoms with E-state index in [9.17, 15) is 4.79 Å². The third-order valence-electron chi connectivity index (χ3n) is 3.46. The number of hydrogen-bond acceptors (Lipinski definition) is 2. The molecule has 0 aromatic heterocycles. The van der Waals surface area contributed by atoms with Crippen molar-refractivity contribution in [3.05, 3.63) is 29.8 Å². The summed E-state index contributed by atoms with van der Waals surface area (Å²) in [7, 11) is 1.80. The smallest absolute Gasteiger partial charge is 0.229 e. The van der Waals surface area contributed by atoms with Crippen molar-refractivity contribution < 1.29 is 4.79 Å². The summed E-state index contributed by atoms with van der Waals surface area (Å²) in [6.07, 6.45) is 4.03. The molecule has 1 unspecified atom stereocenters. The minimum atomic E-state index is 0.0978. The number of unbranched alkanes of at least 4 members (excludes halogenated alkanes) is 1. The molecule has 19 heavy (non-hydrogen) atoms. The highest BCUT2D eigenvalue weighted by atomic mass is 16.2. The summed E-state index contributed by atoms with van der Waals surface area (Å²) < 4.78 is 0. The van der Waals surface area contributed by atoms with Crippen molar-refractivity contribution in [1.29, 1.82) is 5.26 Å². The second kappa shape index (κ2) is 7.58. The molecule has 1 amide bonds. The van der Waals surface area contributed by atoms with Gasteiger partial charge in [0.25, 0.3) is 0 Å². The van der Waals surface area contributed by atoms with E-state index >= 15 is 0 Å². The zero-order chi connectivity index (χ0) is 14.3. The van der Waals surface area contributed by atoms with Crippen molar-refractivity contribution in [2.24, 2.45) is 5.92 Å². The molecule has 3 heteroatoms. The van der Waals surface area contributed by atoms with E-state index in [4.69, 9.17) is 5.26 Å². The SMILES string of the molecule is CCCCC(CC)C(=O)N(C)c1ccc(C#N)cc1. The van der Waals surface area contributed by atoms with E-state index in [2.05, 4.69) is 19.9 Å². The van der Waals surface area contributed by atoms with Gasteiger partial charge in [0.2, 0.25) is 5.91 Å². The molecule has 0 bridgehead atoms. The quantitative estimate of drug-likeness (QED) is 0.780. The summed E-state index contributed by atoms with van der Waals surface area (Å²) in [6.45, 7) is 4.20. The van der Waals surface area contributed by atoms with Gasteiger partial charge in [-0.3, -0.25) is 4.79 Å². The van der Waals surface area contributed by atoms with Crippen LogP contribution in [0.3, 0.4) is 0 Å². The number of carbonyl (C=O) groups is 1. The fourth-order valence-corrected chi connectivity index (χ4v) is 2.11. The molecule has 1 aromatic carbocycles. The van der Waals surface area contributed by atoms with Gasteiger partial charge in [0.05, 0.1) is 11.6 Å². The maximum Gasteiger partial charge on any atom is 0.229 e. The summed E-state index contributed by atoms with van der Waals surface area (Å²) in [5.41, 5.74) is 1.46. The Kier molecular flexibility index (Phi) is 6.08. The lowest BCUT2D eigenvalue weighted by molar-refractivity contribution is -0.122. The van der Waals surface area contributed by atoms with E-state index in [0.29, 0.717) is 5.56 Å². The minimum Gasteiger partial charge on any atom is -0.315 e. The van der Waals surface area contributed by atoms with Gasteiger partial charge in [0, 0.05) is 18.7 Å². The minimum absolute atomic E-state index is 0.0978. The molecule has 0 aliphatic carbocycles. The first-order valence-corrected chi connectivity index (χ1v) is 6.91. The van der Waals surface area contributed by atoms with Gasteiger partial charge in [-0.15, -0.1) is 0 Å². The Morgan fingerprint density at radius 1 is 1.32 bits per heavy atom. The van der Waals surface area contributed by atoms with Crippen molar-refractivity contribution in [3.8, 4) is 6.07 Å². The normalized spacial score (nSPS) is 11.7. The maximum absolute atomic E-state index is 12.4. The lowest BCUT2D eigenvalue weighted by Gasteiger charge is -2.23. The van der Waals surface area contributed by atoms with Gasteiger partial charge in [0.1, 0.15) is 0 Å². The third-order valence-corrected chi connectivity index (χ3v) is 3.46. The summed E-state index contributed by atoms with van der Waals surface area (Å²) in [6, 6.07) is 9.21. The number of nitrogens with zero attached hydrogens (tertiary/aromatic N) is 2. The summed E-state index contributed by atoms with van der Waals surface area (Å²) in [4.78, 5) is 14.1. The highest BCUT2D eigenvalue weighted by molar-refractivity contribution is 5.94. The third kappa shape index (κ3) is 4.10. The van der Waals surface area contributed by atoms with Gasteiger partial charge < -0.3 is 4.90 Å². The monoisotopic (exact) mass is 258 g/mol. The fourth-order valence-electron chi connectivity index (χ4n) is 2.11. The summed E-state index contributed by atoms with van der Waals surface area (Å²) in [5, 5.41) is 8.77. The van der Waals surface area contributed by atoms with Crippen molar-refractivity contribution in [3.63, 3.8) is 0 Å². The Balaban J connectivity index is 2.76. The van der Waals surface area contributed by atoms with Crippen LogP contribution in [0.1, 0.15) is 45.1 Å². The van der Waals surface area contributed by atoms with Crippen molar-refractivity contribution in [2.75, 3.05) is 11.9 Å². The van der Waals surface area contributed by atoms with Crippen LogP contribution in [-0.4, -0.2) is 13.0 Å². The number of anilines is 1. The molecule has 0 spiro atoms. The van der Waals surface area contributed by atoms with E-state index in [1.807, 2.05) is 12.1 Å². The molecule has 3 nitrogen and oxygen atoms in total. The molecular weight excluding hydrogens is 236 g/mol. The molecule has 0 aliphatic heterocycles. The van der Waals surface area contributed by atoms with E-state index in [1.54, 1.807) is 24.1 Å². The first-order valence-electron chi connectivity index (χ1n) is 6.91. The first-order chi connectivity index (χ1) is 9.13. The van der Waals surface area contributed by atoms with Gasteiger partial charge in [-0.2, -0.15) is 5.26 Å². The van der Waals surface area contributed by atoms with Crippen LogP contribution in [0.2, 0.25) is 0 Å². The number of carbonyl (C=O) groups excluding carboxylic acids is 1.